The second-order valence-corrected chi connectivity index (χ2v) is 5.97. The first-order valence-corrected chi connectivity index (χ1v) is 8.37. The number of hydrogen-bond acceptors (Lipinski definition) is 2. The Morgan fingerprint density at radius 2 is 1.80 bits per heavy atom. The van der Waals surface area contributed by atoms with Gasteiger partial charge in [0.25, 0.3) is 0 Å². The molecular weight excluding hydrogens is 244 g/mol. The fourth-order valence-corrected chi connectivity index (χ4v) is 3.26. The number of nitrogens with zero attached hydrogens (tertiary/aromatic N) is 1. The van der Waals surface area contributed by atoms with E-state index in [-0.39, 0.29) is 0 Å². The Balaban J connectivity index is 1.99. The Hall–Kier alpha value is -0.860. The zero-order chi connectivity index (χ0) is 14.2. The van der Waals surface area contributed by atoms with E-state index in [1.165, 1.54) is 50.8 Å². The second kappa shape index (κ2) is 8.43. The van der Waals surface area contributed by atoms with Crippen LogP contribution in [0.25, 0.3) is 0 Å². The lowest BCUT2D eigenvalue weighted by molar-refractivity contribution is 0.230. The quantitative estimate of drug-likeness (QED) is 0.771. The molecule has 2 nitrogen and oxygen atoms in total. The largest absolute Gasteiger partial charge is 0.312 e. The van der Waals surface area contributed by atoms with Gasteiger partial charge < -0.3 is 5.32 Å². The Kier molecular flexibility index (Phi) is 6.55. The topological polar surface area (TPSA) is 15.3 Å². The van der Waals surface area contributed by atoms with E-state index < -0.39 is 0 Å². The van der Waals surface area contributed by atoms with Crippen LogP contribution < -0.4 is 5.32 Å². The highest BCUT2D eigenvalue weighted by atomic mass is 15.2. The molecule has 0 aliphatic carbocycles. The van der Waals surface area contributed by atoms with E-state index in [9.17, 15) is 0 Å². The normalized spacial score (nSPS) is 19.1. The molecule has 0 spiro atoms. The van der Waals surface area contributed by atoms with Gasteiger partial charge in [-0.05, 0) is 44.3 Å². The first-order chi connectivity index (χ1) is 9.85. The minimum absolute atomic E-state index is 0.546. The highest BCUT2D eigenvalue weighted by Crippen LogP contribution is 2.24. The minimum Gasteiger partial charge on any atom is -0.312 e. The van der Waals surface area contributed by atoms with Crippen LogP contribution in [0.2, 0.25) is 0 Å². The first kappa shape index (κ1) is 15.5. The molecule has 0 saturated carbocycles. The average molecular weight is 274 g/mol. The molecule has 1 heterocycles. The van der Waals surface area contributed by atoms with E-state index in [0.29, 0.717) is 12.1 Å². The first-order valence-electron chi connectivity index (χ1n) is 8.37. The van der Waals surface area contributed by atoms with Crippen LogP contribution in [0.5, 0.6) is 0 Å². The van der Waals surface area contributed by atoms with Gasteiger partial charge in [0.15, 0.2) is 0 Å². The molecule has 112 valence electrons. The van der Waals surface area contributed by atoms with E-state index in [2.05, 4.69) is 54.4 Å². The van der Waals surface area contributed by atoms with E-state index in [0.717, 1.165) is 6.54 Å². The third-order valence-corrected chi connectivity index (χ3v) is 4.50. The van der Waals surface area contributed by atoms with Crippen molar-refractivity contribution in [1.82, 2.24) is 10.2 Å². The highest BCUT2D eigenvalue weighted by Gasteiger charge is 2.23. The van der Waals surface area contributed by atoms with Crippen molar-refractivity contribution in [2.75, 3.05) is 19.6 Å². The predicted octanol–water partition coefficient (Wildman–Crippen LogP) is 3.99. The van der Waals surface area contributed by atoms with E-state index in [1.807, 2.05) is 0 Å². The SMILES string of the molecule is CCCC(CC)NCC(c1ccccc1)N1CCCC1. The standard InChI is InChI=1S/C18H30N2/c1-3-10-17(4-2)19-15-18(20-13-8-9-14-20)16-11-6-5-7-12-16/h5-7,11-12,17-19H,3-4,8-10,13-15H2,1-2H3. The molecule has 1 aromatic rings. The molecule has 1 aliphatic rings. The van der Waals surface area contributed by atoms with Gasteiger partial charge in [-0.1, -0.05) is 50.6 Å². The van der Waals surface area contributed by atoms with Crippen LogP contribution in [0.3, 0.4) is 0 Å². The number of benzene rings is 1. The zero-order valence-corrected chi connectivity index (χ0v) is 13.1. The Morgan fingerprint density at radius 3 is 2.40 bits per heavy atom. The Bertz CT molecular complexity index is 357. The summed E-state index contributed by atoms with van der Waals surface area (Å²) in [6, 6.07) is 12.2. The lowest BCUT2D eigenvalue weighted by Gasteiger charge is -2.30. The van der Waals surface area contributed by atoms with Gasteiger partial charge in [-0.15, -0.1) is 0 Å². The fraction of sp³-hybridized carbons (Fsp3) is 0.667. The molecule has 1 saturated heterocycles. The van der Waals surface area contributed by atoms with Crippen LogP contribution in [-0.4, -0.2) is 30.6 Å². The maximum Gasteiger partial charge on any atom is 0.0472 e. The second-order valence-electron chi connectivity index (χ2n) is 5.97. The molecule has 2 rings (SSSR count). The van der Waals surface area contributed by atoms with Crippen LogP contribution in [-0.2, 0) is 0 Å². The van der Waals surface area contributed by atoms with Crippen LogP contribution in [0.4, 0.5) is 0 Å². The highest BCUT2D eigenvalue weighted by molar-refractivity contribution is 5.19. The van der Waals surface area contributed by atoms with Gasteiger partial charge >= 0.3 is 0 Å². The summed E-state index contributed by atoms with van der Waals surface area (Å²) < 4.78 is 0. The van der Waals surface area contributed by atoms with Gasteiger partial charge in [0, 0.05) is 18.6 Å². The molecule has 2 heteroatoms. The molecule has 1 aromatic carbocycles. The van der Waals surface area contributed by atoms with Gasteiger partial charge in [0.2, 0.25) is 0 Å². The van der Waals surface area contributed by atoms with E-state index >= 15 is 0 Å². The molecule has 1 N–H and O–H groups in total. The molecule has 1 fully saturated rings. The van der Waals surface area contributed by atoms with Crippen molar-refractivity contribution in [2.45, 2.75) is 58.0 Å². The third-order valence-electron chi connectivity index (χ3n) is 4.50. The molecule has 2 unspecified atom stereocenters. The van der Waals surface area contributed by atoms with Crippen molar-refractivity contribution >= 4 is 0 Å². The van der Waals surface area contributed by atoms with Crippen molar-refractivity contribution in [3.8, 4) is 0 Å². The molecular formula is C18H30N2. The van der Waals surface area contributed by atoms with Crippen molar-refractivity contribution < 1.29 is 0 Å². The average Bonchev–Trinajstić information content (AvgIpc) is 3.01. The van der Waals surface area contributed by atoms with Crippen LogP contribution in [0, 0.1) is 0 Å². The van der Waals surface area contributed by atoms with E-state index in [4.69, 9.17) is 0 Å². The van der Waals surface area contributed by atoms with Gasteiger partial charge in [-0.3, -0.25) is 4.90 Å². The maximum absolute atomic E-state index is 3.80. The summed E-state index contributed by atoms with van der Waals surface area (Å²) in [6.45, 7) is 8.17. The monoisotopic (exact) mass is 274 g/mol. The zero-order valence-electron chi connectivity index (χ0n) is 13.1. The summed E-state index contributed by atoms with van der Waals surface area (Å²) in [6.07, 6.45) is 6.50. The van der Waals surface area contributed by atoms with Gasteiger partial charge in [0.05, 0.1) is 0 Å². The van der Waals surface area contributed by atoms with Gasteiger partial charge in [0.1, 0.15) is 0 Å². The molecule has 0 bridgehead atoms. The van der Waals surface area contributed by atoms with Gasteiger partial charge in [-0.2, -0.15) is 0 Å². The molecule has 2 atom stereocenters. The lowest BCUT2D eigenvalue weighted by Crippen LogP contribution is -2.38. The third kappa shape index (κ3) is 4.32. The molecule has 20 heavy (non-hydrogen) atoms. The van der Waals surface area contributed by atoms with Crippen LogP contribution in [0.1, 0.15) is 57.6 Å². The van der Waals surface area contributed by atoms with Crippen LogP contribution in [0.15, 0.2) is 30.3 Å². The number of rotatable bonds is 8. The summed E-state index contributed by atoms with van der Waals surface area (Å²) in [5.74, 6) is 0. The van der Waals surface area contributed by atoms with Crippen molar-refractivity contribution in [2.24, 2.45) is 0 Å². The minimum atomic E-state index is 0.546. The Labute approximate surface area is 124 Å². The number of likely N-dealkylation sites (tertiary alicyclic amines) is 1. The molecule has 0 aromatic heterocycles. The summed E-state index contributed by atoms with van der Waals surface area (Å²) in [5, 5.41) is 3.80. The Morgan fingerprint density at radius 1 is 1.10 bits per heavy atom. The summed E-state index contributed by atoms with van der Waals surface area (Å²) >= 11 is 0. The van der Waals surface area contributed by atoms with Crippen molar-refractivity contribution in [1.29, 1.82) is 0 Å². The van der Waals surface area contributed by atoms with Gasteiger partial charge in [-0.25, -0.2) is 0 Å². The predicted molar refractivity (Wildman–Crippen MR) is 87.0 cm³/mol. The summed E-state index contributed by atoms with van der Waals surface area (Å²) in [5.41, 5.74) is 1.47. The van der Waals surface area contributed by atoms with Crippen LogP contribution >= 0.6 is 0 Å². The summed E-state index contributed by atoms with van der Waals surface area (Å²) in [7, 11) is 0. The molecule has 0 radical (unpaired) electrons. The van der Waals surface area contributed by atoms with Crippen molar-refractivity contribution in [3.05, 3.63) is 35.9 Å². The van der Waals surface area contributed by atoms with Crippen molar-refractivity contribution in [3.63, 3.8) is 0 Å². The number of nitrogens with one attached hydrogen (secondary N) is 1. The smallest absolute Gasteiger partial charge is 0.0472 e. The fourth-order valence-electron chi connectivity index (χ4n) is 3.26. The molecule has 0 amide bonds. The molecule has 1 aliphatic heterocycles. The lowest BCUT2D eigenvalue weighted by atomic mass is 10.0. The van der Waals surface area contributed by atoms with E-state index in [1.54, 1.807) is 0 Å². The summed E-state index contributed by atoms with van der Waals surface area (Å²) in [4.78, 5) is 2.65. The number of hydrogen-bond donors (Lipinski definition) is 1. The maximum atomic E-state index is 3.80.